The molecular weight excluding hydrogens is 288 g/mol. The summed E-state index contributed by atoms with van der Waals surface area (Å²) in [5.41, 5.74) is 3.06. The van der Waals surface area contributed by atoms with Crippen molar-refractivity contribution in [2.24, 2.45) is 0 Å². The number of hydrogen-bond donors (Lipinski definition) is 0. The lowest BCUT2D eigenvalue weighted by Gasteiger charge is -2.07. The molecule has 0 fully saturated rings. The van der Waals surface area contributed by atoms with Gasteiger partial charge in [-0.25, -0.2) is 0 Å². The maximum Gasteiger partial charge on any atom is 0.282 e. The molecule has 0 radical (unpaired) electrons. The smallest absolute Gasteiger partial charge is 0.282 e. The van der Waals surface area contributed by atoms with Crippen LogP contribution >= 0.6 is 0 Å². The highest BCUT2D eigenvalue weighted by molar-refractivity contribution is 5.59. The maximum absolute atomic E-state index is 12.6. The molecule has 112 valence electrons. The summed E-state index contributed by atoms with van der Waals surface area (Å²) in [6, 6.07) is 15.2. The van der Waals surface area contributed by atoms with Crippen LogP contribution < -0.4 is 5.56 Å². The summed E-state index contributed by atoms with van der Waals surface area (Å²) in [6.07, 6.45) is 7.34. The first-order valence-electron chi connectivity index (χ1n) is 7.34. The summed E-state index contributed by atoms with van der Waals surface area (Å²) in [6.45, 7) is 0.666. The Bertz CT molecular complexity index is 957. The number of pyridine rings is 2. The van der Waals surface area contributed by atoms with Crippen molar-refractivity contribution < 1.29 is 0 Å². The maximum atomic E-state index is 12.6. The Morgan fingerprint density at radius 3 is 2.65 bits per heavy atom. The Hall–Kier alpha value is -3.21. The van der Waals surface area contributed by atoms with E-state index < -0.39 is 0 Å². The molecule has 0 unspecified atom stereocenters. The highest BCUT2D eigenvalue weighted by Crippen LogP contribution is 2.17. The van der Waals surface area contributed by atoms with E-state index in [-0.39, 0.29) is 5.56 Å². The zero-order valence-corrected chi connectivity index (χ0v) is 12.3. The molecule has 5 nitrogen and oxygen atoms in total. The summed E-state index contributed by atoms with van der Waals surface area (Å²) >= 11 is 0. The highest BCUT2D eigenvalue weighted by Gasteiger charge is 2.15. The van der Waals surface area contributed by atoms with E-state index in [1.54, 1.807) is 6.20 Å². The van der Waals surface area contributed by atoms with Gasteiger partial charge in [0, 0.05) is 31.3 Å². The van der Waals surface area contributed by atoms with Gasteiger partial charge in [0.1, 0.15) is 0 Å². The molecule has 0 atom stereocenters. The molecule has 0 aliphatic carbocycles. The van der Waals surface area contributed by atoms with Crippen molar-refractivity contribution in [1.82, 2.24) is 19.3 Å². The van der Waals surface area contributed by atoms with Gasteiger partial charge in [-0.3, -0.25) is 9.78 Å². The average molecular weight is 302 g/mol. The first-order valence-corrected chi connectivity index (χ1v) is 7.34. The van der Waals surface area contributed by atoms with Gasteiger partial charge in [-0.05, 0) is 29.8 Å². The normalized spacial score (nSPS) is 11.0. The minimum atomic E-state index is -0.105. The number of fused-ring (bicyclic) bond motifs is 1. The largest absolute Gasteiger partial charge is 0.349 e. The standard InChI is InChI=1S/C18H14N4O/c23-18-16-13-21(12-14-5-4-9-19-11-14)10-8-17(16)20-22(18)15-6-2-1-3-7-15/h1-11,13H,12H2. The van der Waals surface area contributed by atoms with Gasteiger partial charge in [0.05, 0.1) is 16.9 Å². The summed E-state index contributed by atoms with van der Waals surface area (Å²) < 4.78 is 3.41. The third kappa shape index (κ3) is 2.53. The summed E-state index contributed by atoms with van der Waals surface area (Å²) in [5, 5.41) is 4.41. The second-order valence-corrected chi connectivity index (χ2v) is 5.33. The highest BCUT2D eigenvalue weighted by atomic mass is 16.1. The molecule has 0 saturated heterocycles. The van der Waals surface area contributed by atoms with Gasteiger partial charge in [-0.1, -0.05) is 24.3 Å². The molecule has 4 rings (SSSR count). The Morgan fingerprint density at radius 1 is 1.00 bits per heavy atom. The minimum Gasteiger partial charge on any atom is -0.349 e. The van der Waals surface area contributed by atoms with Crippen molar-refractivity contribution in [2.45, 2.75) is 6.54 Å². The van der Waals surface area contributed by atoms with E-state index >= 15 is 0 Å². The molecule has 2 aromatic rings. The SMILES string of the molecule is O=c1c2cn(Cc3cccnc3)ccc-2nn1-c1ccccc1. The molecule has 2 aliphatic rings. The van der Waals surface area contributed by atoms with E-state index in [2.05, 4.69) is 10.1 Å². The van der Waals surface area contributed by atoms with Crippen molar-refractivity contribution in [3.05, 3.63) is 89.2 Å². The third-order valence-corrected chi connectivity index (χ3v) is 3.71. The van der Waals surface area contributed by atoms with E-state index in [0.717, 1.165) is 11.3 Å². The number of benzene rings is 1. The molecule has 1 aromatic heterocycles. The molecule has 0 saturated carbocycles. The predicted molar refractivity (Wildman–Crippen MR) is 87.8 cm³/mol. The number of para-hydroxylation sites is 1. The lowest BCUT2D eigenvalue weighted by molar-refractivity contribution is 0.787. The van der Waals surface area contributed by atoms with Gasteiger partial charge < -0.3 is 4.57 Å². The lowest BCUT2D eigenvalue weighted by Crippen LogP contribution is -2.14. The van der Waals surface area contributed by atoms with Crippen LogP contribution in [0.2, 0.25) is 0 Å². The van der Waals surface area contributed by atoms with E-state index in [4.69, 9.17) is 0 Å². The number of aromatic nitrogens is 4. The fraction of sp³-hybridized carbons (Fsp3) is 0.0556. The van der Waals surface area contributed by atoms with Crippen LogP contribution in [0.1, 0.15) is 5.56 Å². The van der Waals surface area contributed by atoms with Crippen molar-refractivity contribution in [1.29, 1.82) is 0 Å². The molecule has 0 bridgehead atoms. The van der Waals surface area contributed by atoms with Crippen molar-refractivity contribution >= 4 is 0 Å². The molecular formula is C18H14N4O. The van der Waals surface area contributed by atoms with Gasteiger partial charge in [0.25, 0.3) is 5.56 Å². The Labute approximate surface area is 132 Å². The van der Waals surface area contributed by atoms with Gasteiger partial charge in [0.2, 0.25) is 0 Å². The van der Waals surface area contributed by atoms with E-state index in [1.165, 1.54) is 4.68 Å². The third-order valence-electron chi connectivity index (χ3n) is 3.71. The second kappa shape index (κ2) is 5.53. The van der Waals surface area contributed by atoms with Crippen LogP contribution in [-0.4, -0.2) is 19.3 Å². The minimum absolute atomic E-state index is 0.105. The monoisotopic (exact) mass is 302 g/mol. The molecule has 2 aliphatic heterocycles. The Morgan fingerprint density at radius 2 is 1.87 bits per heavy atom. The Kier molecular flexibility index (Phi) is 3.24. The van der Waals surface area contributed by atoms with Crippen LogP contribution in [0, 0.1) is 0 Å². The summed E-state index contributed by atoms with van der Waals surface area (Å²) in [7, 11) is 0. The van der Waals surface area contributed by atoms with Crippen LogP contribution in [0.25, 0.3) is 16.9 Å². The fourth-order valence-corrected chi connectivity index (χ4v) is 2.60. The Balaban J connectivity index is 1.77. The van der Waals surface area contributed by atoms with E-state index in [1.807, 2.05) is 71.7 Å². The van der Waals surface area contributed by atoms with Crippen LogP contribution in [0.5, 0.6) is 0 Å². The number of rotatable bonds is 3. The molecule has 5 heteroatoms. The van der Waals surface area contributed by atoms with Crippen molar-refractivity contribution in [3.63, 3.8) is 0 Å². The first-order chi connectivity index (χ1) is 11.3. The number of nitrogens with zero attached hydrogens (tertiary/aromatic N) is 4. The molecule has 0 spiro atoms. The van der Waals surface area contributed by atoms with Gasteiger partial charge in [-0.2, -0.15) is 9.78 Å². The van der Waals surface area contributed by atoms with Crippen LogP contribution in [-0.2, 0) is 6.54 Å². The van der Waals surface area contributed by atoms with Gasteiger partial charge >= 0.3 is 0 Å². The van der Waals surface area contributed by atoms with E-state index in [0.29, 0.717) is 17.8 Å². The molecule has 0 N–H and O–H groups in total. The predicted octanol–water partition coefficient (Wildman–Crippen LogP) is 2.58. The zero-order valence-electron chi connectivity index (χ0n) is 12.3. The van der Waals surface area contributed by atoms with Crippen LogP contribution in [0.3, 0.4) is 0 Å². The summed E-state index contributed by atoms with van der Waals surface area (Å²) in [4.78, 5) is 16.7. The number of hydrogen-bond acceptors (Lipinski definition) is 3. The van der Waals surface area contributed by atoms with Gasteiger partial charge in [0.15, 0.2) is 0 Å². The first kappa shape index (κ1) is 13.5. The van der Waals surface area contributed by atoms with Gasteiger partial charge in [-0.15, -0.1) is 0 Å². The average Bonchev–Trinajstić information content (AvgIpc) is 2.93. The quantitative estimate of drug-likeness (QED) is 0.584. The molecule has 3 heterocycles. The van der Waals surface area contributed by atoms with E-state index in [9.17, 15) is 4.79 Å². The van der Waals surface area contributed by atoms with Crippen LogP contribution in [0.15, 0.2) is 78.1 Å². The van der Waals surface area contributed by atoms with Crippen molar-refractivity contribution in [2.75, 3.05) is 0 Å². The van der Waals surface area contributed by atoms with Crippen LogP contribution in [0.4, 0.5) is 0 Å². The van der Waals surface area contributed by atoms with Crippen molar-refractivity contribution in [3.8, 4) is 16.9 Å². The topological polar surface area (TPSA) is 52.7 Å². The fourth-order valence-electron chi connectivity index (χ4n) is 2.60. The zero-order chi connectivity index (χ0) is 15.6. The summed E-state index contributed by atoms with van der Waals surface area (Å²) in [5.74, 6) is 0. The lowest BCUT2D eigenvalue weighted by atomic mass is 10.2. The molecule has 23 heavy (non-hydrogen) atoms. The molecule has 1 aromatic carbocycles. The second-order valence-electron chi connectivity index (χ2n) is 5.33. The molecule has 0 amide bonds.